The van der Waals surface area contributed by atoms with Crippen molar-refractivity contribution >= 4 is 11.9 Å². The van der Waals surface area contributed by atoms with Crippen molar-refractivity contribution in [2.75, 3.05) is 47.4 Å². The van der Waals surface area contributed by atoms with Crippen LogP contribution < -0.4 is 14.8 Å². The first-order chi connectivity index (χ1) is 13.1. The van der Waals surface area contributed by atoms with Crippen molar-refractivity contribution in [1.29, 1.82) is 0 Å². The second-order valence-corrected chi connectivity index (χ2v) is 7.09. The first kappa shape index (κ1) is 19.3. The third-order valence-electron chi connectivity index (χ3n) is 5.69. The molecule has 1 aromatic heterocycles. The van der Waals surface area contributed by atoms with Crippen molar-refractivity contribution in [3.05, 3.63) is 17.7 Å². The van der Waals surface area contributed by atoms with Crippen LogP contribution in [0, 0.1) is 11.8 Å². The topological polar surface area (TPSA) is 84.0 Å². The lowest BCUT2D eigenvalue weighted by Crippen LogP contribution is -2.44. The Balaban J connectivity index is 1.60. The molecule has 1 unspecified atom stereocenters. The number of pyridine rings is 1. The summed E-state index contributed by atoms with van der Waals surface area (Å²) in [6.07, 6.45) is 2.99. The average molecular weight is 376 g/mol. The molecule has 8 heteroatoms. The number of carbonyl (C=O) groups excluding carboxylic acids is 2. The molecule has 148 valence electrons. The molecule has 0 aliphatic carbocycles. The zero-order chi connectivity index (χ0) is 19.4. The second kappa shape index (κ2) is 8.45. The SMILES string of the molecule is CNC(=O)N1CCC(C2CCN(C(=O)c3ccc(OC)nc3OC)C2)CC1. The molecule has 27 heavy (non-hydrogen) atoms. The van der Waals surface area contributed by atoms with Crippen LogP contribution in [-0.4, -0.2) is 74.2 Å². The Kier molecular flexibility index (Phi) is 6.03. The summed E-state index contributed by atoms with van der Waals surface area (Å²) in [5.41, 5.74) is 0.466. The zero-order valence-corrected chi connectivity index (χ0v) is 16.2. The number of aromatic nitrogens is 1. The summed E-state index contributed by atoms with van der Waals surface area (Å²) in [5.74, 6) is 1.71. The van der Waals surface area contributed by atoms with Crippen LogP contribution in [0.15, 0.2) is 12.1 Å². The van der Waals surface area contributed by atoms with Crippen molar-refractivity contribution in [3.8, 4) is 11.8 Å². The summed E-state index contributed by atoms with van der Waals surface area (Å²) in [5, 5.41) is 2.69. The molecular formula is C19H28N4O4. The van der Waals surface area contributed by atoms with Crippen molar-refractivity contribution in [2.45, 2.75) is 19.3 Å². The molecule has 1 aromatic rings. The first-order valence-corrected chi connectivity index (χ1v) is 9.42. The van der Waals surface area contributed by atoms with Gasteiger partial charge in [0.1, 0.15) is 5.56 Å². The number of ether oxygens (including phenoxy) is 2. The molecule has 2 saturated heterocycles. The third kappa shape index (κ3) is 4.09. The van der Waals surface area contributed by atoms with E-state index in [0.717, 1.165) is 45.4 Å². The minimum Gasteiger partial charge on any atom is -0.481 e. The van der Waals surface area contributed by atoms with Gasteiger partial charge in [0, 0.05) is 39.3 Å². The lowest BCUT2D eigenvalue weighted by atomic mass is 9.84. The Morgan fingerprint density at radius 1 is 1.04 bits per heavy atom. The highest BCUT2D eigenvalue weighted by Crippen LogP contribution is 2.33. The van der Waals surface area contributed by atoms with Crippen molar-refractivity contribution in [1.82, 2.24) is 20.1 Å². The van der Waals surface area contributed by atoms with Crippen molar-refractivity contribution in [2.24, 2.45) is 11.8 Å². The number of nitrogens with zero attached hydrogens (tertiary/aromatic N) is 3. The monoisotopic (exact) mass is 376 g/mol. The maximum atomic E-state index is 12.9. The van der Waals surface area contributed by atoms with Crippen molar-refractivity contribution < 1.29 is 19.1 Å². The Morgan fingerprint density at radius 3 is 2.33 bits per heavy atom. The quantitative estimate of drug-likeness (QED) is 0.863. The van der Waals surface area contributed by atoms with Gasteiger partial charge in [-0.1, -0.05) is 0 Å². The van der Waals surface area contributed by atoms with Gasteiger partial charge < -0.3 is 24.6 Å². The van der Waals surface area contributed by atoms with E-state index in [-0.39, 0.29) is 11.9 Å². The molecule has 2 fully saturated rings. The fraction of sp³-hybridized carbons (Fsp3) is 0.632. The second-order valence-electron chi connectivity index (χ2n) is 7.09. The van der Waals surface area contributed by atoms with Crippen molar-refractivity contribution in [3.63, 3.8) is 0 Å². The van der Waals surface area contributed by atoms with E-state index < -0.39 is 0 Å². The standard InChI is InChI=1S/C19H28N4O4/c1-20-19(25)22-9-6-13(7-10-22)14-8-11-23(12-14)18(24)15-4-5-16(26-2)21-17(15)27-3/h4-5,13-14H,6-12H2,1-3H3,(H,20,25). The van der Waals surface area contributed by atoms with Crippen LogP contribution in [0.1, 0.15) is 29.6 Å². The third-order valence-corrected chi connectivity index (χ3v) is 5.69. The number of likely N-dealkylation sites (tertiary alicyclic amines) is 2. The highest BCUT2D eigenvalue weighted by Gasteiger charge is 2.35. The van der Waals surface area contributed by atoms with Crippen LogP contribution >= 0.6 is 0 Å². The first-order valence-electron chi connectivity index (χ1n) is 9.42. The number of carbonyl (C=O) groups is 2. The van der Waals surface area contributed by atoms with Crippen LogP contribution in [-0.2, 0) is 0 Å². The molecule has 0 aromatic carbocycles. The summed E-state index contributed by atoms with van der Waals surface area (Å²) in [7, 11) is 4.70. The van der Waals surface area contributed by atoms with Gasteiger partial charge in [-0.2, -0.15) is 4.98 Å². The van der Waals surface area contributed by atoms with E-state index in [9.17, 15) is 9.59 Å². The molecule has 3 rings (SSSR count). The van der Waals surface area contributed by atoms with E-state index in [4.69, 9.17) is 9.47 Å². The van der Waals surface area contributed by atoms with E-state index in [0.29, 0.717) is 29.2 Å². The maximum Gasteiger partial charge on any atom is 0.317 e. The van der Waals surface area contributed by atoms with Gasteiger partial charge in [0.05, 0.1) is 14.2 Å². The number of piperidine rings is 1. The summed E-state index contributed by atoms with van der Waals surface area (Å²) in [6.45, 7) is 3.06. The minimum atomic E-state index is -0.0488. The number of hydrogen-bond donors (Lipinski definition) is 1. The van der Waals surface area contributed by atoms with E-state index >= 15 is 0 Å². The highest BCUT2D eigenvalue weighted by atomic mass is 16.5. The predicted octanol–water partition coefficient (Wildman–Crippen LogP) is 1.61. The molecule has 0 bridgehead atoms. The van der Waals surface area contributed by atoms with Gasteiger partial charge in [0.2, 0.25) is 11.8 Å². The van der Waals surface area contributed by atoms with Crippen LogP contribution in [0.5, 0.6) is 11.8 Å². The fourth-order valence-electron chi connectivity index (χ4n) is 4.11. The van der Waals surface area contributed by atoms with Crippen LogP contribution in [0.4, 0.5) is 4.79 Å². The largest absolute Gasteiger partial charge is 0.481 e. The number of urea groups is 1. The Bertz CT molecular complexity index is 688. The van der Waals surface area contributed by atoms with E-state index in [1.54, 1.807) is 19.2 Å². The van der Waals surface area contributed by atoms with Gasteiger partial charge in [-0.15, -0.1) is 0 Å². The summed E-state index contributed by atoms with van der Waals surface area (Å²) in [6, 6.07) is 3.38. The molecule has 8 nitrogen and oxygen atoms in total. The normalized spacial score (nSPS) is 20.5. The molecule has 0 spiro atoms. The number of amides is 3. The molecule has 2 aliphatic rings. The summed E-state index contributed by atoms with van der Waals surface area (Å²) < 4.78 is 10.4. The van der Waals surface area contributed by atoms with Crippen LogP contribution in [0.25, 0.3) is 0 Å². The number of nitrogens with one attached hydrogen (secondary N) is 1. The number of hydrogen-bond acceptors (Lipinski definition) is 5. The molecule has 1 atom stereocenters. The molecule has 0 radical (unpaired) electrons. The Morgan fingerprint density at radius 2 is 1.70 bits per heavy atom. The van der Waals surface area contributed by atoms with Gasteiger partial charge in [0.25, 0.3) is 5.91 Å². The van der Waals surface area contributed by atoms with Gasteiger partial charge >= 0.3 is 6.03 Å². The van der Waals surface area contributed by atoms with Crippen LogP contribution in [0.3, 0.4) is 0 Å². The minimum absolute atomic E-state index is 0.00391. The molecular weight excluding hydrogens is 348 g/mol. The lowest BCUT2D eigenvalue weighted by Gasteiger charge is -2.34. The molecule has 3 heterocycles. The van der Waals surface area contributed by atoms with Gasteiger partial charge in [-0.05, 0) is 37.2 Å². The number of methoxy groups -OCH3 is 2. The van der Waals surface area contributed by atoms with Crippen LogP contribution in [0.2, 0.25) is 0 Å². The average Bonchev–Trinajstić information content (AvgIpc) is 3.22. The molecule has 2 aliphatic heterocycles. The van der Waals surface area contributed by atoms with Gasteiger partial charge in [-0.25, -0.2) is 4.79 Å². The van der Waals surface area contributed by atoms with Gasteiger partial charge in [0.15, 0.2) is 0 Å². The van der Waals surface area contributed by atoms with E-state index in [1.807, 2.05) is 9.80 Å². The number of rotatable bonds is 4. The smallest absolute Gasteiger partial charge is 0.317 e. The van der Waals surface area contributed by atoms with E-state index in [1.165, 1.54) is 14.2 Å². The molecule has 3 amide bonds. The lowest BCUT2D eigenvalue weighted by molar-refractivity contribution is 0.0772. The maximum absolute atomic E-state index is 12.9. The summed E-state index contributed by atoms with van der Waals surface area (Å²) in [4.78, 5) is 32.6. The Hall–Kier alpha value is -2.51. The van der Waals surface area contributed by atoms with Gasteiger partial charge in [-0.3, -0.25) is 4.79 Å². The molecule has 0 saturated carbocycles. The predicted molar refractivity (Wildman–Crippen MR) is 100 cm³/mol. The Labute approximate surface area is 159 Å². The summed E-state index contributed by atoms with van der Waals surface area (Å²) >= 11 is 0. The fourth-order valence-corrected chi connectivity index (χ4v) is 4.11. The molecule has 1 N–H and O–H groups in total. The zero-order valence-electron chi connectivity index (χ0n) is 16.2. The van der Waals surface area contributed by atoms with E-state index in [2.05, 4.69) is 10.3 Å². The highest BCUT2D eigenvalue weighted by molar-refractivity contribution is 5.96.